The number of hydrogen-bond donors (Lipinski definition) is 0. The molecular formula is C11H10I3NO. The summed E-state index contributed by atoms with van der Waals surface area (Å²) in [6, 6.07) is 6.35. The van der Waals surface area contributed by atoms with Crippen LogP contribution in [-0.2, 0) is 0 Å². The van der Waals surface area contributed by atoms with E-state index in [4.69, 9.17) is 10.00 Å². The molecule has 2 nitrogen and oxygen atoms in total. The predicted molar refractivity (Wildman–Crippen MR) is 89.6 cm³/mol. The maximum absolute atomic E-state index is 8.41. The van der Waals surface area contributed by atoms with Crippen LogP contribution in [0.15, 0.2) is 12.1 Å². The maximum Gasteiger partial charge on any atom is 0.145 e. The molecule has 0 amide bonds. The monoisotopic (exact) mass is 553 g/mol. The zero-order valence-corrected chi connectivity index (χ0v) is 14.9. The molecule has 0 aromatic heterocycles. The molecule has 0 aliphatic carbocycles. The van der Waals surface area contributed by atoms with Crippen LogP contribution in [0.2, 0.25) is 0 Å². The molecule has 1 aromatic rings. The third kappa shape index (κ3) is 4.91. The van der Waals surface area contributed by atoms with Crippen molar-refractivity contribution in [2.24, 2.45) is 0 Å². The van der Waals surface area contributed by atoms with Crippen LogP contribution in [0.3, 0.4) is 0 Å². The molecule has 0 fully saturated rings. The van der Waals surface area contributed by atoms with Gasteiger partial charge >= 0.3 is 0 Å². The molecule has 0 unspecified atom stereocenters. The third-order valence-corrected chi connectivity index (χ3v) is 4.12. The number of unbranched alkanes of at least 4 members (excludes halogenated alkanes) is 2. The minimum atomic E-state index is 0.615. The fourth-order valence-electron chi connectivity index (χ4n) is 1.15. The van der Waals surface area contributed by atoms with Gasteiger partial charge in [0.05, 0.1) is 19.8 Å². The van der Waals surface area contributed by atoms with Gasteiger partial charge in [-0.25, -0.2) is 0 Å². The van der Waals surface area contributed by atoms with E-state index in [1.807, 2.05) is 0 Å². The number of benzene rings is 1. The Bertz CT molecular complexity index is 378. The first-order valence-electron chi connectivity index (χ1n) is 4.79. The van der Waals surface area contributed by atoms with Crippen LogP contribution in [0.25, 0.3) is 0 Å². The summed E-state index contributed by atoms with van der Waals surface area (Å²) in [5.74, 6) is 0.971. The Hall–Kier alpha value is 0.700. The smallest absolute Gasteiger partial charge is 0.145 e. The molecule has 0 saturated heterocycles. The average molecular weight is 553 g/mol. The predicted octanol–water partition coefficient (Wildman–Crippen LogP) is 4.57. The summed E-state index contributed by atoms with van der Waals surface area (Å²) in [6.07, 6.45) is 2.46. The fraction of sp³-hybridized carbons (Fsp3) is 0.364. The second-order valence-corrected chi connectivity index (χ2v) is 6.73. The standard InChI is InChI=1S/C11H10I3NO/c12-8-6-9(13)11(10(14)7-8)16-5-3-1-2-4-15/h6-7H,1-3,5H2. The van der Waals surface area contributed by atoms with Gasteiger partial charge in [0.1, 0.15) is 5.75 Å². The first-order chi connectivity index (χ1) is 7.65. The highest BCUT2D eigenvalue weighted by molar-refractivity contribution is 14.1. The van der Waals surface area contributed by atoms with Gasteiger partial charge in [-0.15, -0.1) is 0 Å². The Kier molecular flexibility index (Phi) is 7.30. The zero-order chi connectivity index (χ0) is 12.0. The van der Waals surface area contributed by atoms with E-state index in [0.29, 0.717) is 13.0 Å². The van der Waals surface area contributed by atoms with E-state index in [2.05, 4.69) is 86.0 Å². The minimum Gasteiger partial charge on any atom is -0.491 e. The minimum absolute atomic E-state index is 0.615. The molecule has 0 aliphatic rings. The zero-order valence-electron chi connectivity index (χ0n) is 8.47. The van der Waals surface area contributed by atoms with Gasteiger partial charge in [-0.05, 0) is 92.7 Å². The van der Waals surface area contributed by atoms with Crippen molar-refractivity contribution < 1.29 is 4.74 Å². The van der Waals surface area contributed by atoms with Crippen molar-refractivity contribution in [3.05, 3.63) is 22.8 Å². The van der Waals surface area contributed by atoms with Gasteiger partial charge in [0.25, 0.3) is 0 Å². The van der Waals surface area contributed by atoms with Gasteiger partial charge in [0.15, 0.2) is 0 Å². The number of ether oxygens (including phenoxy) is 1. The second-order valence-electron chi connectivity index (χ2n) is 3.16. The SMILES string of the molecule is N#CCCCCOc1c(I)cc(I)cc1I. The lowest BCUT2D eigenvalue weighted by Gasteiger charge is -2.10. The Morgan fingerprint density at radius 1 is 1.12 bits per heavy atom. The number of nitrogens with zero attached hydrogens (tertiary/aromatic N) is 1. The molecule has 86 valence electrons. The van der Waals surface area contributed by atoms with Crippen LogP contribution in [0.1, 0.15) is 19.3 Å². The third-order valence-electron chi connectivity index (χ3n) is 1.89. The van der Waals surface area contributed by atoms with Crippen molar-refractivity contribution in [1.82, 2.24) is 0 Å². The number of rotatable bonds is 5. The van der Waals surface area contributed by atoms with Gasteiger partial charge in [0.2, 0.25) is 0 Å². The van der Waals surface area contributed by atoms with E-state index >= 15 is 0 Å². The van der Waals surface area contributed by atoms with Gasteiger partial charge in [-0.3, -0.25) is 0 Å². The summed E-state index contributed by atoms with van der Waals surface area (Å²) >= 11 is 6.89. The van der Waals surface area contributed by atoms with Crippen molar-refractivity contribution in [3.8, 4) is 11.8 Å². The normalized spacial score (nSPS) is 9.88. The molecule has 5 heteroatoms. The lowest BCUT2D eigenvalue weighted by molar-refractivity contribution is 0.303. The van der Waals surface area contributed by atoms with Crippen molar-refractivity contribution >= 4 is 67.8 Å². The molecule has 1 rings (SSSR count). The van der Waals surface area contributed by atoms with Crippen LogP contribution < -0.4 is 4.74 Å². The molecule has 0 N–H and O–H groups in total. The van der Waals surface area contributed by atoms with Crippen LogP contribution in [0.4, 0.5) is 0 Å². The van der Waals surface area contributed by atoms with Crippen LogP contribution in [-0.4, -0.2) is 6.61 Å². The highest BCUT2D eigenvalue weighted by Crippen LogP contribution is 2.29. The first kappa shape index (κ1) is 14.8. The lowest BCUT2D eigenvalue weighted by Crippen LogP contribution is -2.01. The second kappa shape index (κ2) is 7.92. The molecule has 0 radical (unpaired) electrons. The van der Waals surface area contributed by atoms with E-state index in [1.54, 1.807) is 0 Å². The topological polar surface area (TPSA) is 33.0 Å². The van der Waals surface area contributed by atoms with E-state index < -0.39 is 0 Å². The largest absolute Gasteiger partial charge is 0.491 e. The Morgan fingerprint density at radius 3 is 2.31 bits per heavy atom. The highest BCUT2D eigenvalue weighted by atomic mass is 127. The molecule has 0 aliphatic heterocycles. The number of hydrogen-bond acceptors (Lipinski definition) is 2. The Balaban J connectivity index is 2.51. The van der Waals surface area contributed by atoms with Gasteiger partial charge < -0.3 is 4.74 Å². The lowest BCUT2D eigenvalue weighted by atomic mass is 10.2. The molecule has 0 atom stereocenters. The highest BCUT2D eigenvalue weighted by Gasteiger charge is 2.07. The fourth-order valence-corrected chi connectivity index (χ4v) is 5.04. The average Bonchev–Trinajstić information content (AvgIpc) is 2.20. The van der Waals surface area contributed by atoms with Gasteiger partial charge in [0, 0.05) is 9.99 Å². The first-order valence-corrected chi connectivity index (χ1v) is 8.03. The summed E-state index contributed by atoms with van der Waals surface area (Å²) in [4.78, 5) is 0. The van der Waals surface area contributed by atoms with Crippen LogP contribution >= 0.6 is 67.8 Å². The van der Waals surface area contributed by atoms with Gasteiger partial charge in [-0.1, -0.05) is 0 Å². The molecular weight excluding hydrogens is 543 g/mol. The summed E-state index contributed by atoms with van der Waals surface area (Å²) in [6.45, 7) is 0.689. The summed E-state index contributed by atoms with van der Waals surface area (Å²) in [5.41, 5.74) is 0. The van der Waals surface area contributed by atoms with E-state index in [-0.39, 0.29) is 0 Å². The van der Waals surface area contributed by atoms with E-state index in [0.717, 1.165) is 25.7 Å². The van der Waals surface area contributed by atoms with Gasteiger partial charge in [-0.2, -0.15) is 5.26 Å². The summed E-state index contributed by atoms with van der Waals surface area (Å²) in [7, 11) is 0. The van der Waals surface area contributed by atoms with Crippen molar-refractivity contribution in [1.29, 1.82) is 5.26 Å². The molecule has 1 aromatic carbocycles. The number of halogens is 3. The molecule has 0 bridgehead atoms. The molecule has 16 heavy (non-hydrogen) atoms. The van der Waals surface area contributed by atoms with Crippen LogP contribution in [0.5, 0.6) is 5.75 Å². The van der Waals surface area contributed by atoms with Crippen LogP contribution in [0, 0.1) is 22.0 Å². The molecule has 0 heterocycles. The summed E-state index contributed by atoms with van der Waals surface area (Å²) < 4.78 is 9.26. The maximum atomic E-state index is 8.41. The van der Waals surface area contributed by atoms with E-state index in [9.17, 15) is 0 Å². The van der Waals surface area contributed by atoms with E-state index in [1.165, 1.54) is 3.57 Å². The Labute approximate surface area is 137 Å². The Morgan fingerprint density at radius 2 is 1.75 bits per heavy atom. The van der Waals surface area contributed by atoms with Crippen molar-refractivity contribution in [2.45, 2.75) is 19.3 Å². The quantitative estimate of drug-likeness (QED) is 0.396. The van der Waals surface area contributed by atoms with Crippen molar-refractivity contribution in [3.63, 3.8) is 0 Å². The van der Waals surface area contributed by atoms with Crippen molar-refractivity contribution in [2.75, 3.05) is 6.61 Å². The summed E-state index contributed by atoms with van der Waals surface area (Å²) in [5, 5.41) is 8.41. The molecule has 0 spiro atoms. The number of nitriles is 1. The molecule has 0 saturated carbocycles.